The average molecular weight is 266 g/mol. The molecule has 0 amide bonds. The molecule has 18 heavy (non-hydrogen) atoms. The van der Waals surface area contributed by atoms with E-state index in [9.17, 15) is 9.18 Å². The molecule has 1 N–H and O–H groups in total. The summed E-state index contributed by atoms with van der Waals surface area (Å²) in [6.45, 7) is 0.438. The van der Waals surface area contributed by atoms with E-state index in [1.807, 2.05) is 5.38 Å². The minimum absolute atomic E-state index is 0.310. The van der Waals surface area contributed by atoms with Crippen LogP contribution in [0, 0.1) is 5.82 Å². The molecule has 1 aromatic heterocycles. The van der Waals surface area contributed by atoms with Gasteiger partial charge in [-0.1, -0.05) is 6.07 Å². The minimum Gasteiger partial charge on any atom is -0.478 e. The number of benzene rings is 1. The number of thiazole rings is 1. The Balaban J connectivity index is 2.32. The highest BCUT2D eigenvalue weighted by atomic mass is 32.1. The fourth-order valence-corrected chi connectivity index (χ4v) is 2.24. The average Bonchev–Trinajstić information content (AvgIpc) is 2.80. The molecule has 0 bridgehead atoms. The molecule has 0 aliphatic rings. The van der Waals surface area contributed by atoms with E-state index in [0.29, 0.717) is 12.2 Å². The Labute approximate surface area is 107 Å². The largest absolute Gasteiger partial charge is 0.478 e. The molecule has 6 heteroatoms. The monoisotopic (exact) mass is 266 g/mol. The highest BCUT2D eigenvalue weighted by molar-refractivity contribution is 7.07. The van der Waals surface area contributed by atoms with Crippen molar-refractivity contribution in [1.29, 1.82) is 0 Å². The van der Waals surface area contributed by atoms with Crippen LogP contribution >= 0.6 is 11.3 Å². The molecule has 2 rings (SSSR count). The molecule has 4 nitrogen and oxygen atoms in total. The molecule has 0 aliphatic heterocycles. The van der Waals surface area contributed by atoms with Crippen LogP contribution in [0.25, 0.3) is 0 Å². The quantitative estimate of drug-likeness (QED) is 0.924. The fraction of sp³-hybridized carbons (Fsp3) is 0.167. The molecule has 0 saturated carbocycles. The van der Waals surface area contributed by atoms with Crippen molar-refractivity contribution in [2.75, 3.05) is 11.9 Å². The van der Waals surface area contributed by atoms with Crippen molar-refractivity contribution < 1.29 is 14.3 Å². The van der Waals surface area contributed by atoms with Crippen molar-refractivity contribution in [3.8, 4) is 0 Å². The zero-order chi connectivity index (χ0) is 13.1. The Morgan fingerprint density at radius 2 is 2.33 bits per heavy atom. The Hall–Kier alpha value is -1.95. The Morgan fingerprint density at radius 3 is 2.94 bits per heavy atom. The Morgan fingerprint density at radius 1 is 1.56 bits per heavy atom. The van der Waals surface area contributed by atoms with Gasteiger partial charge in [-0.15, -0.1) is 11.3 Å². The van der Waals surface area contributed by atoms with Crippen molar-refractivity contribution in [3.05, 3.63) is 46.2 Å². The number of aromatic nitrogens is 1. The second kappa shape index (κ2) is 5.14. The maximum absolute atomic E-state index is 13.5. The SMILES string of the molecule is CN(Cc1cscn1)c1cccc(F)c1C(=O)O. The van der Waals surface area contributed by atoms with E-state index < -0.39 is 11.8 Å². The second-order valence-electron chi connectivity index (χ2n) is 3.77. The van der Waals surface area contributed by atoms with E-state index in [1.54, 1.807) is 23.5 Å². The summed E-state index contributed by atoms with van der Waals surface area (Å²) in [5.41, 5.74) is 2.56. The van der Waals surface area contributed by atoms with Gasteiger partial charge in [-0.3, -0.25) is 0 Å². The van der Waals surface area contributed by atoms with Gasteiger partial charge in [-0.05, 0) is 12.1 Å². The van der Waals surface area contributed by atoms with Crippen LogP contribution in [0.1, 0.15) is 16.1 Å². The van der Waals surface area contributed by atoms with Crippen molar-refractivity contribution in [2.24, 2.45) is 0 Å². The molecule has 0 aliphatic carbocycles. The maximum Gasteiger partial charge on any atom is 0.340 e. The van der Waals surface area contributed by atoms with Crippen LogP contribution in [0.2, 0.25) is 0 Å². The van der Waals surface area contributed by atoms with E-state index >= 15 is 0 Å². The maximum atomic E-state index is 13.5. The van der Waals surface area contributed by atoms with Crippen LogP contribution in [-0.4, -0.2) is 23.1 Å². The highest BCUT2D eigenvalue weighted by Crippen LogP contribution is 2.23. The van der Waals surface area contributed by atoms with Gasteiger partial charge in [0.1, 0.15) is 11.4 Å². The molecule has 2 aromatic rings. The molecule has 0 fully saturated rings. The predicted molar refractivity (Wildman–Crippen MR) is 67.6 cm³/mol. The van der Waals surface area contributed by atoms with Gasteiger partial charge in [-0.25, -0.2) is 14.2 Å². The van der Waals surface area contributed by atoms with E-state index in [-0.39, 0.29) is 5.56 Å². The van der Waals surface area contributed by atoms with Crippen molar-refractivity contribution >= 4 is 23.0 Å². The summed E-state index contributed by atoms with van der Waals surface area (Å²) in [6.07, 6.45) is 0. The molecule has 0 saturated heterocycles. The first-order valence-electron chi connectivity index (χ1n) is 5.19. The van der Waals surface area contributed by atoms with Gasteiger partial charge >= 0.3 is 5.97 Å². The van der Waals surface area contributed by atoms with Gasteiger partial charge < -0.3 is 10.0 Å². The van der Waals surface area contributed by atoms with E-state index in [0.717, 1.165) is 11.8 Å². The molecule has 94 valence electrons. The number of hydrogen-bond donors (Lipinski definition) is 1. The number of carbonyl (C=O) groups is 1. The third kappa shape index (κ3) is 2.48. The molecular weight excluding hydrogens is 255 g/mol. The standard InChI is InChI=1S/C12H11FN2O2S/c1-15(5-8-6-18-7-14-8)10-4-2-3-9(13)11(10)12(16)17/h2-4,6-7H,5H2,1H3,(H,16,17). The summed E-state index contributed by atoms with van der Waals surface area (Å²) < 4.78 is 13.5. The van der Waals surface area contributed by atoms with Crippen LogP contribution in [0.5, 0.6) is 0 Å². The van der Waals surface area contributed by atoms with E-state index in [2.05, 4.69) is 4.98 Å². The summed E-state index contributed by atoms with van der Waals surface area (Å²) >= 11 is 1.46. The minimum atomic E-state index is -1.27. The van der Waals surface area contributed by atoms with Crippen LogP contribution in [0.4, 0.5) is 10.1 Å². The first kappa shape index (κ1) is 12.5. The van der Waals surface area contributed by atoms with Gasteiger partial charge in [0.2, 0.25) is 0 Å². The molecule has 0 atom stereocenters. The van der Waals surface area contributed by atoms with Gasteiger partial charge in [0.15, 0.2) is 0 Å². The van der Waals surface area contributed by atoms with Gasteiger partial charge in [0.05, 0.1) is 23.4 Å². The van der Waals surface area contributed by atoms with E-state index in [4.69, 9.17) is 5.11 Å². The number of nitrogens with zero attached hydrogens (tertiary/aromatic N) is 2. The zero-order valence-electron chi connectivity index (χ0n) is 9.63. The molecular formula is C12H11FN2O2S. The summed E-state index contributed by atoms with van der Waals surface area (Å²) in [5, 5.41) is 10.9. The fourth-order valence-electron chi connectivity index (χ4n) is 1.69. The smallest absolute Gasteiger partial charge is 0.340 e. The summed E-state index contributed by atoms with van der Waals surface area (Å²) in [6, 6.07) is 4.22. The lowest BCUT2D eigenvalue weighted by atomic mass is 10.1. The topological polar surface area (TPSA) is 53.4 Å². The molecule has 1 aromatic carbocycles. The highest BCUT2D eigenvalue weighted by Gasteiger charge is 2.18. The van der Waals surface area contributed by atoms with Gasteiger partial charge in [-0.2, -0.15) is 0 Å². The number of aromatic carboxylic acids is 1. The van der Waals surface area contributed by atoms with Gasteiger partial charge in [0, 0.05) is 12.4 Å². The summed E-state index contributed by atoms with van der Waals surface area (Å²) in [4.78, 5) is 16.9. The van der Waals surface area contributed by atoms with Gasteiger partial charge in [0.25, 0.3) is 0 Å². The normalized spacial score (nSPS) is 10.3. The number of hydrogen-bond acceptors (Lipinski definition) is 4. The van der Waals surface area contributed by atoms with Crippen molar-refractivity contribution in [3.63, 3.8) is 0 Å². The third-order valence-corrected chi connectivity index (χ3v) is 3.13. The molecule has 0 radical (unpaired) electrons. The number of anilines is 1. The van der Waals surface area contributed by atoms with Crippen LogP contribution < -0.4 is 4.90 Å². The second-order valence-corrected chi connectivity index (χ2v) is 4.49. The molecule has 1 heterocycles. The van der Waals surface area contributed by atoms with Crippen molar-refractivity contribution in [1.82, 2.24) is 4.98 Å². The molecule has 0 spiro atoms. The lowest BCUT2D eigenvalue weighted by Crippen LogP contribution is -2.20. The first-order valence-corrected chi connectivity index (χ1v) is 6.14. The zero-order valence-corrected chi connectivity index (χ0v) is 10.4. The number of carboxylic acids is 1. The molecule has 0 unspecified atom stereocenters. The Bertz CT molecular complexity index is 557. The van der Waals surface area contributed by atoms with Crippen LogP contribution in [-0.2, 0) is 6.54 Å². The summed E-state index contributed by atoms with van der Waals surface area (Å²) in [5.74, 6) is -2.00. The van der Waals surface area contributed by atoms with E-state index in [1.165, 1.54) is 17.4 Å². The number of carboxylic acid groups (broad SMARTS) is 1. The van der Waals surface area contributed by atoms with Crippen molar-refractivity contribution in [2.45, 2.75) is 6.54 Å². The Kier molecular flexibility index (Phi) is 3.57. The third-order valence-electron chi connectivity index (χ3n) is 2.50. The predicted octanol–water partition coefficient (Wildman–Crippen LogP) is 2.62. The first-order chi connectivity index (χ1) is 8.59. The summed E-state index contributed by atoms with van der Waals surface area (Å²) in [7, 11) is 1.71. The van der Waals surface area contributed by atoms with Crippen LogP contribution in [0.15, 0.2) is 29.1 Å². The number of halogens is 1. The number of rotatable bonds is 4. The lowest BCUT2D eigenvalue weighted by Gasteiger charge is -2.20. The lowest BCUT2D eigenvalue weighted by molar-refractivity contribution is 0.0692. The van der Waals surface area contributed by atoms with Crippen LogP contribution in [0.3, 0.4) is 0 Å².